The molecule has 0 unspecified atom stereocenters. The van der Waals surface area contributed by atoms with Crippen molar-refractivity contribution in [3.05, 3.63) is 35.4 Å². The average Bonchev–Trinajstić information content (AvgIpc) is 2.48. The Labute approximate surface area is 73.6 Å². The fraction of sp³-hybridized carbons (Fsp3) is 0. The summed E-state index contributed by atoms with van der Waals surface area (Å²) in [5.74, 6) is 0. The molecule has 2 heterocycles. The van der Waals surface area contributed by atoms with E-state index in [1.54, 1.807) is 29.1 Å². The smallest absolute Gasteiger partial charge is 0.155 e. The maximum absolute atomic E-state index is 10.6. The second-order valence-electron chi connectivity index (χ2n) is 2.37. The lowest BCUT2D eigenvalue weighted by atomic mass is 10.2. The second-order valence-corrected chi connectivity index (χ2v) is 2.73. The zero-order valence-electron chi connectivity index (χ0n) is 6.07. The summed E-state index contributed by atoms with van der Waals surface area (Å²) < 4.78 is 1.71. The minimum atomic E-state index is 0.359. The standard InChI is InChI=1S/C8H5ClN2O/c9-8-7-6(4-12)2-1-3-11(7)5-10-8/h1-5H. The third-order valence-electron chi connectivity index (χ3n) is 1.67. The maximum atomic E-state index is 10.6. The highest BCUT2D eigenvalue weighted by Crippen LogP contribution is 2.17. The molecule has 0 atom stereocenters. The van der Waals surface area contributed by atoms with Gasteiger partial charge in [0, 0.05) is 11.8 Å². The van der Waals surface area contributed by atoms with Gasteiger partial charge in [0.2, 0.25) is 0 Å². The van der Waals surface area contributed by atoms with Crippen LogP contribution in [0.2, 0.25) is 5.15 Å². The number of nitrogens with zero attached hydrogens (tertiary/aromatic N) is 2. The Morgan fingerprint density at radius 3 is 3.17 bits per heavy atom. The van der Waals surface area contributed by atoms with Crippen molar-refractivity contribution in [2.45, 2.75) is 0 Å². The molecule has 0 N–H and O–H groups in total. The highest BCUT2D eigenvalue weighted by Gasteiger charge is 2.04. The lowest BCUT2D eigenvalue weighted by Crippen LogP contribution is -1.87. The highest BCUT2D eigenvalue weighted by atomic mass is 35.5. The quantitative estimate of drug-likeness (QED) is 0.628. The molecule has 12 heavy (non-hydrogen) atoms. The van der Waals surface area contributed by atoms with Crippen molar-refractivity contribution in [1.82, 2.24) is 9.38 Å². The number of carbonyl (C=O) groups is 1. The molecular formula is C8H5ClN2O. The van der Waals surface area contributed by atoms with Crippen LogP contribution in [0.25, 0.3) is 5.52 Å². The van der Waals surface area contributed by atoms with E-state index < -0.39 is 0 Å². The van der Waals surface area contributed by atoms with Crippen LogP contribution < -0.4 is 0 Å². The Morgan fingerprint density at radius 1 is 1.58 bits per heavy atom. The van der Waals surface area contributed by atoms with Crippen LogP contribution in [0.5, 0.6) is 0 Å². The molecule has 2 rings (SSSR count). The van der Waals surface area contributed by atoms with Crippen LogP contribution in [0, 0.1) is 0 Å². The molecule has 60 valence electrons. The number of aromatic nitrogens is 2. The Balaban J connectivity index is 2.93. The second kappa shape index (κ2) is 2.60. The number of hydrogen-bond donors (Lipinski definition) is 0. The van der Waals surface area contributed by atoms with Crippen molar-refractivity contribution in [3.63, 3.8) is 0 Å². The van der Waals surface area contributed by atoms with Gasteiger partial charge < -0.3 is 4.40 Å². The normalized spacial score (nSPS) is 10.4. The zero-order valence-corrected chi connectivity index (χ0v) is 6.82. The number of rotatable bonds is 1. The molecule has 4 heteroatoms. The molecule has 0 spiro atoms. The van der Waals surface area contributed by atoms with E-state index in [0.29, 0.717) is 16.2 Å². The predicted octanol–water partition coefficient (Wildman–Crippen LogP) is 1.80. The molecule has 3 nitrogen and oxygen atoms in total. The van der Waals surface area contributed by atoms with Crippen LogP contribution in [0.1, 0.15) is 10.4 Å². The van der Waals surface area contributed by atoms with Gasteiger partial charge in [-0.15, -0.1) is 0 Å². The van der Waals surface area contributed by atoms with Gasteiger partial charge in [-0.2, -0.15) is 0 Å². The lowest BCUT2D eigenvalue weighted by Gasteiger charge is -1.95. The van der Waals surface area contributed by atoms with E-state index in [2.05, 4.69) is 4.98 Å². The van der Waals surface area contributed by atoms with E-state index in [-0.39, 0.29) is 0 Å². The van der Waals surface area contributed by atoms with Gasteiger partial charge in [-0.1, -0.05) is 11.6 Å². The van der Waals surface area contributed by atoms with Gasteiger partial charge in [-0.25, -0.2) is 4.98 Å². The molecule has 0 fully saturated rings. The number of carbonyl (C=O) groups excluding carboxylic acids is 1. The van der Waals surface area contributed by atoms with Crippen molar-refractivity contribution in [3.8, 4) is 0 Å². The number of hydrogen-bond acceptors (Lipinski definition) is 2. The molecule has 0 saturated carbocycles. The number of fused-ring (bicyclic) bond motifs is 1. The first-order valence-electron chi connectivity index (χ1n) is 3.39. The van der Waals surface area contributed by atoms with Crippen molar-refractivity contribution in [2.24, 2.45) is 0 Å². The van der Waals surface area contributed by atoms with Gasteiger partial charge in [0.1, 0.15) is 6.33 Å². The summed E-state index contributed by atoms with van der Waals surface area (Å²) in [6.45, 7) is 0. The fourth-order valence-electron chi connectivity index (χ4n) is 1.13. The van der Waals surface area contributed by atoms with Gasteiger partial charge >= 0.3 is 0 Å². The highest BCUT2D eigenvalue weighted by molar-refractivity contribution is 6.33. The molecule has 0 saturated heterocycles. The van der Waals surface area contributed by atoms with E-state index in [0.717, 1.165) is 6.29 Å². The Hall–Kier alpha value is -1.35. The first-order chi connectivity index (χ1) is 5.83. The average molecular weight is 181 g/mol. The van der Waals surface area contributed by atoms with Gasteiger partial charge in [0.25, 0.3) is 0 Å². The van der Waals surface area contributed by atoms with Crippen molar-refractivity contribution in [1.29, 1.82) is 0 Å². The minimum Gasteiger partial charge on any atom is -0.304 e. The maximum Gasteiger partial charge on any atom is 0.155 e. The summed E-state index contributed by atoms with van der Waals surface area (Å²) in [4.78, 5) is 14.4. The summed E-state index contributed by atoms with van der Waals surface area (Å²) in [6, 6.07) is 3.48. The Morgan fingerprint density at radius 2 is 2.42 bits per heavy atom. The summed E-state index contributed by atoms with van der Waals surface area (Å²) in [5.41, 5.74) is 1.22. The number of aldehydes is 1. The van der Waals surface area contributed by atoms with E-state index in [9.17, 15) is 4.79 Å². The van der Waals surface area contributed by atoms with Gasteiger partial charge in [-0.05, 0) is 12.1 Å². The van der Waals surface area contributed by atoms with E-state index in [1.165, 1.54) is 0 Å². The largest absolute Gasteiger partial charge is 0.304 e. The van der Waals surface area contributed by atoms with E-state index >= 15 is 0 Å². The molecule has 2 aromatic heterocycles. The molecule has 2 aromatic rings. The summed E-state index contributed by atoms with van der Waals surface area (Å²) in [5, 5.41) is 0.359. The zero-order chi connectivity index (χ0) is 8.55. The number of pyridine rings is 1. The van der Waals surface area contributed by atoms with Crippen LogP contribution >= 0.6 is 11.6 Å². The minimum absolute atomic E-state index is 0.359. The van der Waals surface area contributed by atoms with Crippen LogP contribution in [-0.4, -0.2) is 15.7 Å². The molecule has 0 bridgehead atoms. The molecular weight excluding hydrogens is 176 g/mol. The Kier molecular flexibility index (Phi) is 1.59. The third kappa shape index (κ3) is 0.905. The van der Waals surface area contributed by atoms with E-state index in [1.807, 2.05) is 0 Å². The van der Waals surface area contributed by atoms with Crippen molar-refractivity contribution >= 4 is 23.4 Å². The SMILES string of the molecule is O=Cc1cccn2cnc(Cl)c12. The van der Waals surface area contributed by atoms with Gasteiger partial charge in [-0.3, -0.25) is 4.79 Å². The van der Waals surface area contributed by atoms with Crippen molar-refractivity contribution in [2.75, 3.05) is 0 Å². The topological polar surface area (TPSA) is 34.4 Å². The molecule has 0 aliphatic rings. The molecule has 0 amide bonds. The van der Waals surface area contributed by atoms with Crippen LogP contribution in [0.3, 0.4) is 0 Å². The van der Waals surface area contributed by atoms with Crippen LogP contribution in [-0.2, 0) is 0 Å². The number of halogens is 1. The molecule has 0 aliphatic heterocycles. The summed E-state index contributed by atoms with van der Waals surface area (Å²) >= 11 is 5.77. The first-order valence-corrected chi connectivity index (χ1v) is 3.77. The first kappa shape index (κ1) is 7.31. The van der Waals surface area contributed by atoms with Crippen molar-refractivity contribution < 1.29 is 4.79 Å². The van der Waals surface area contributed by atoms with E-state index in [4.69, 9.17) is 11.6 Å². The Bertz CT molecular complexity index is 436. The van der Waals surface area contributed by atoms with Crippen LogP contribution in [0.4, 0.5) is 0 Å². The lowest BCUT2D eigenvalue weighted by molar-refractivity contribution is 0.112. The number of imidazole rings is 1. The molecule has 0 aromatic carbocycles. The molecule has 0 aliphatic carbocycles. The van der Waals surface area contributed by atoms with Gasteiger partial charge in [0.05, 0.1) is 5.52 Å². The van der Waals surface area contributed by atoms with Gasteiger partial charge in [0.15, 0.2) is 11.4 Å². The fourth-order valence-corrected chi connectivity index (χ4v) is 1.38. The summed E-state index contributed by atoms with van der Waals surface area (Å²) in [7, 11) is 0. The predicted molar refractivity (Wildman–Crippen MR) is 45.6 cm³/mol. The third-order valence-corrected chi connectivity index (χ3v) is 1.95. The molecule has 0 radical (unpaired) electrons. The monoisotopic (exact) mass is 180 g/mol. The van der Waals surface area contributed by atoms with Crippen LogP contribution in [0.15, 0.2) is 24.7 Å². The summed E-state index contributed by atoms with van der Waals surface area (Å²) in [6.07, 6.45) is 4.13.